The minimum atomic E-state index is -4.26. The Morgan fingerprint density at radius 1 is 1.05 bits per heavy atom. The van der Waals surface area contributed by atoms with Crippen molar-refractivity contribution < 1.29 is 31.7 Å². The lowest BCUT2D eigenvalue weighted by molar-refractivity contribution is -0.123. The molecule has 1 N–H and O–H groups in total. The van der Waals surface area contributed by atoms with Crippen LogP contribution in [-0.2, 0) is 26.3 Å². The molecular formula is C26H20Br2N2O7S2. The predicted molar refractivity (Wildman–Crippen MR) is 155 cm³/mol. The van der Waals surface area contributed by atoms with Crippen LogP contribution in [0.25, 0.3) is 6.08 Å². The molecule has 1 heterocycles. The Morgan fingerprint density at radius 3 is 2.33 bits per heavy atom. The molecule has 0 spiro atoms. The van der Waals surface area contributed by atoms with Crippen molar-refractivity contribution in [2.24, 2.45) is 0 Å². The maximum Gasteiger partial charge on any atom is 0.339 e. The number of halogens is 2. The highest BCUT2D eigenvalue weighted by Crippen LogP contribution is 2.40. The number of ether oxygens (including phenoxy) is 1. The first-order chi connectivity index (χ1) is 18.5. The van der Waals surface area contributed by atoms with Crippen molar-refractivity contribution in [2.45, 2.75) is 18.4 Å². The van der Waals surface area contributed by atoms with E-state index in [-0.39, 0.29) is 38.2 Å². The van der Waals surface area contributed by atoms with Crippen molar-refractivity contribution in [3.8, 4) is 11.5 Å². The molecule has 0 bridgehead atoms. The molecule has 1 aliphatic heterocycles. The summed E-state index contributed by atoms with van der Waals surface area (Å²) in [6, 6.07) is 15.9. The molecule has 0 radical (unpaired) electrons. The van der Waals surface area contributed by atoms with E-state index in [9.17, 15) is 22.8 Å². The smallest absolute Gasteiger partial charge is 0.339 e. The number of nitrogens with one attached hydrogen (secondary N) is 1. The van der Waals surface area contributed by atoms with Crippen LogP contribution in [-0.4, -0.2) is 37.5 Å². The lowest BCUT2D eigenvalue weighted by Gasteiger charge is -2.14. The maximum absolute atomic E-state index is 13.0. The number of nitrogens with zero attached hydrogens (tertiary/aromatic N) is 1. The summed E-state index contributed by atoms with van der Waals surface area (Å²) < 4.78 is 37.7. The molecule has 0 aromatic heterocycles. The zero-order chi connectivity index (χ0) is 28.3. The van der Waals surface area contributed by atoms with E-state index >= 15 is 0 Å². The molecule has 3 amide bonds. The fraction of sp³-hybridized carbons (Fsp3) is 0.115. The maximum atomic E-state index is 13.0. The molecule has 4 rings (SSSR count). The summed E-state index contributed by atoms with van der Waals surface area (Å²) in [5.74, 6) is -0.731. The van der Waals surface area contributed by atoms with Gasteiger partial charge in [0.05, 0.1) is 23.0 Å². The summed E-state index contributed by atoms with van der Waals surface area (Å²) in [4.78, 5) is 37.9. The van der Waals surface area contributed by atoms with Crippen molar-refractivity contribution in [3.05, 3.63) is 85.6 Å². The van der Waals surface area contributed by atoms with Gasteiger partial charge in [-0.3, -0.25) is 19.3 Å². The minimum absolute atomic E-state index is 0.0863. The highest BCUT2D eigenvalue weighted by molar-refractivity contribution is 9.10. The molecule has 3 aromatic rings. The predicted octanol–water partition coefficient (Wildman–Crippen LogP) is 6.18. The molecule has 39 heavy (non-hydrogen) atoms. The van der Waals surface area contributed by atoms with Gasteiger partial charge in [-0.05, 0) is 93.4 Å². The lowest BCUT2D eigenvalue weighted by atomic mass is 10.1. The summed E-state index contributed by atoms with van der Waals surface area (Å²) in [6.07, 6.45) is 1.53. The number of imide groups is 1. The van der Waals surface area contributed by atoms with E-state index in [2.05, 4.69) is 37.2 Å². The zero-order valence-electron chi connectivity index (χ0n) is 20.4. The van der Waals surface area contributed by atoms with Crippen LogP contribution in [0.5, 0.6) is 11.5 Å². The van der Waals surface area contributed by atoms with Gasteiger partial charge in [-0.15, -0.1) is 0 Å². The fourth-order valence-electron chi connectivity index (χ4n) is 3.53. The number of carbonyl (C=O) groups is 3. The Morgan fingerprint density at radius 2 is 1.72 bits per heavy atom. The molecule has 3 aromatic carbocycles. The SMILES string of the molecule is COc1cc(/C=C2\SC(=O)N(Cc3ccc(Br)cc3)C2=O)cc(Br)c1OS(=O)(=O)c1ccc(NC(C)=O)cc1. The van der Waals surface area contributed by atoms with Gasteiger partial charge in [-0.2, -0.15) is 8.42 Å². The number of rotatable bonds is 8. The summed E-state index contributed by atoms with van der Waals surface area (Å²) in [6.45, 7) is 1.48. The molecular weight excluding hydrogens is 676 g/mol. The van der Waals surface area contributed by atoms with Crippen molar-refractivity contribution in [1.82, 2.24) is 4.90 Å². The second-order valence-corrected chi connectivity index (χ2v) is 12.5. The Hall–Kier alpha value is -3.13. The van der Waals surface area contributed by atoms with E-state index in [4.69, 9.17) is 8.92 Å². The largest absolute Gasteiger partial charge is 0.493 e. The van der Waals surface area contributed by atoms with E-state index in [1.165, 1.54) is 50.4 Å². The van der Waals surface area contributed by atoms with Crippen LogP contribution in [0.2, 0.25) is 0 Å². The number of hydrogen-bond donors (Lipinski definition) is 1. The summed E-state index contributed by atoms with van der Waals surface area (Å²) in [5, 5.41) is 2.17. The van der Waals surface area contributed by atoms with Crippen LogP contribution in [0.3, 0.4) is 0 Å². The highest BCUT2D eigenvalue weighted by Gasteiger charge is 2.35. The highest BCUT2D eigenvalue weighted by atomic mass is 79.9. The summed E-state index contributed by atoms with van der Waals surface area (Å²) in [5.41, 5.74) is 1.72. The number of amides is 3. The van der Waals surface area contributed by atoms with Gasteiger partial charge in [-0.25, -0.2) is 0 Å². The van der Waals surface area contributed by atoms with Gasteiger partial charge < -0.3 is 14.2 Å². The standard InChI is InChI=1S/C26H20Br2N2O7S2/c1-15(31)29-19-7-9-20(10-8-19)39(34,35)37-24-21(28)11-17(12-22(24)36-2)13-23-25(32)30(26(33)38-23)14-16-3-5-18(27)6-4-16/h3-13H,14H2,1-2H3,(H,29,31)/b23-13-. The van der Waals surface area contributed by atoms with Crippen molar-refractivity contribution >= 4 is 82.6 Å². The van der Waals surface area contributed by atoms with Gasteiger partial charge in [0.15, 0.2) is 11.5 Å². The molecule has 9 nitrogen and oxygen atoms in total. The molecule has 0 aliphatic carbocycles. The molecule has 1 aliphatic rings. The third-order valence-electron chi connectivity index (χ3n) is 5.33. The van der Waals surface area contributed by atoms with Crippen LogP contribution in [0.15, 0.2) is 79.4 Å². The third-order valence-corrected chi connectivity index (χ3v) is 8.59. The molecule has 0 saturated carbocycles. The molecule has 0 atom stereocenters. The Bertz CT molecular complexity index is 1590. The third kappa shape index (κ3) is 6.90. The van der Waals surface area contributed by atoms with Gasteiger partial charge >= 0.3 is 10.1 Å². The van der Waals surface area contributed by atoms with Crippen molar-refractivity contribution in [1.29, 1.82) is 0 Å². The van der Waals surface area contributed by atoms with Crippen molar-refractivity contribution in [2.75, 3.05) is 12.4 Å². The van der Waals surface area contributed by atoms with E-state index in [1.54, 1.807) is 6.07 Å². The number of thioether (sulfide) groups is 1. The van der Waals surface area contributed by atoms with Gasteiger partial charge in [0, 0.05) is 17.1 Å². The summed E-state index contributed by atoms with van der Waals surface area (Å²) >= 11 is 7.50. The van der Waals surface area contributed by atoms with Gasteiger partial charge in [0.25, 0.3) is 11.1 Å². The normalized spacial score (nSPS) is 14.6. The van der Waals surface area contributed by atoms with Gasteiger partial charge in [-0.1, -0.05) is 28.1 Å². The first kappa shape index (κ1) is 28.9. The topological polar surface area (TPSA) is 119 Å². The molecule has 1 saturated heterocycles. The van der Waals surface area contributed by atoms with Crippen LogP contribution >= 0.6 is 43.6 Å². The Kier molecular flexibility index (Phi) is 8.84. The molecule has 1 fully saturated rings. The Balaban J connectivity index is 1.56. The average molecular weight is 696 g/mol. The Labute approximate surface area is 245 Å². The monoisotopic (exact) mass is 694 g/mol. The van der Waals surface area contributed by atoms with Crippen LogP contribution in [0.1, 0.15) is 18.1 Å². The number of methoxy groups -OCH3 is 1. The lowest BCUT2D eigenvalue weighted by Crippen LogP contribution is -2.27. The quantitative estimate of drug-likeness (QED) is 0.219. The van der Waals surface area contributed by atoms with Gasteiger partial charge in [0.2, 0.25) is 5.91 Å². The van der Waals surface area contributed by atoms with Crippen LogP contribution in [0, 0.1) is 0 Å². The van der Waals surface area contributed by atoms with E-state index in [1.807, 2.05) is 24.3 Å². The van der Waals surface area contributed by atoms with Crippen molar-refractivity contribution in [3.63, 3.8) is 0 Å². The second-order valence-electron chi connectivity index (χ2n) is 8.17. The number of carbonyl (C=O) groups excluding carboxylic acids is 3. The average Bonchev–Trinajstić information content (AvgIpc) is 3.13. The fourth-order valence-corrected chi connectivity index (χ4v) is 6.24. The second kappa shape index (κ2) is 11.9. The zero-order valence-corrected chi connectivity index (χ0v) is 25.2. The number of anilines is 1. The first-order valence-electron chi connectivity index (χ1n) is 11.2. The first-order valence-corrected chi connectivity index (χ1v) is 15.0. The molecule has 0 unspecified atom stereocenters. The molecule has 13 heteroatoms. The van der Waals surface area contributed by atoms with Gasteiger partial charge in [0.1, 0.15) is 4.90 Å². The number of hydrogen-bond acceptors (Lipinski definition) is 8. The van der Waals surface area contributed by atoms with E-state index in [0.717, 1.165) is 26.7 Å². The number of benzene rings is 3. The minimum Gasteiger partial charge on any atom is -0.493 e. The summed E-state index contributed by atoms with van der Waals surface area (Å²) in [7, 11) is -2.91. The molecule has 202 valence electrons. The van der Waals surface area contributed by atoms with E-state index in [0.29, 0.717) is 11.3 Å². The van der Waals surface area contributed by atoms with E-state index < -0.39 is 21.3 Å². The van der Waals surface area contributed by atoms with Crippen LogP contribution < -0.4 is 14.2 Å². The van der Waals surface area contributed by atoms with Crippen LogP contribution in [0.4, 0.5) is 10.5 Å².